The second-order valence-electron chi connectivity index (χ2n) is 3.50. The summed E-state index contributed by atoms with van der Waals surface area (Å²) in [6.45, 7) is 0.487. The minimum absolute atomic E-state index is 0.193. The minimum atomic E-state index is -0.249. The first-order valence-electron chi connectivity index (χ1n) is 5.00. The Kier molecular flexibility index (Phi) is 2.96. The van der Waals surface area contributed by atoms with E-state index in [1.807, 2.05) is 30.3 Å². The fourth-order valence-corrected chi connectivity index (χ4v) is 1.55. The number of hydrogen-bond donors (Lipinski definition) is 0. The Morgan fingerprint density at radius 2 is 1.81 bits per heavy atom. The van der Waals surface area contributed by atoms with Crippen molar-refractivity contribution in [2.75, 3.05) is 0 Å². The van der Waals surface area contributed by atoms with Crippen LogP contribution in [0.4, 0.5) is 0 Å². The van der Waals surface area contributed by atoms with Crippen LogP contribution in [0.2, 0.25) is 0 Å². The number of aldehydes is 1. The van der Waals surface area contributed by atoms with E-state index in [0.29, 0.717) is 12.8 Å². The Hall–Kier alpha value is -2.16. The van der Waals surface area contributed by atoms with E-state index in [2.05, 4.69) is 0 Å². The van der Waals surface area contributed by atoms with Gasteiger partial charge in [0.25, 0.3) is 5.56 Å². The molecule has 1 aromatic heterocycles. The van der Waals surface area contributed by atoms with Crippen molar-refractivity contribution >= 4 is 6.29 Å². The maximum Gasteiger partial charge on any atom is 0.261 e. The molecule has 3 nitrogen and oxygen atoms in total. The van der Waals surface area contributed by atoms with Gasteiger partial charge >= 0.3 is 0 Å². The van der Waals surface area contributed by atoms with Gasteiger partial charge in [0.05, 0.1) is 12.1 Å². The van der Waals surface area contributed by atoms with Crippen molar-refractivity contribution < 1.29 is 4.79 Å². The molecule has 2 aromatic rings. The molecule has 0 fully saturated rings. The molecule has 2 rings (SSSR count). The number of hydrogen-bond acceptors (Lipinski definition) is 2. The summed E-state index contributed by atoms with van der Waals surface area (Å²) < 4.78 is 1.53. The van der Waals surface area contributed by atoms with Crippen molar-refractivity contribution in [2.24, 2.45) is 0 Å². The number of nitrogens with zero attached hydrogens (tertiary/aromatic N) is 1. The zero-order chi connectivity index (χ0) is 11.4. The SMILES string of the molecule is O=Cc1cccn(Cc2ccccc2)c1=O. The van der Waals surface area contributed by atoms with Gasteiger partial charge in [0.1, 0.15) is 0 Å². The highest BCUT2D eigenvalue weighted by Crippen LogP contribution is 2.00. The monoisotopic (exact) mass is 213 g/mol. The molecule has 0 unspecified atom stereocenters. The van der Waals surface area contributed by atoms with Gasteiger partial charge in [-0.2, -0.15) is 0 Å². The maximum absolute atomic E-state index is 11.7. The van der Waals surface area contributed by atoms with Crippen LogP contribution >= 0.6 is 0 Å². The zero-order valence-corrected chi connectivity index (χ0v) is 8.67. The maximum atomic E-state index is 11.7. The largest absolute Gasteiger partial charge is 0.311 e. The lowest BCUT2D eigenvalue weighted by Crippen LogP contribution is -2.23. The summed E-state index contributed by atoms with van der Waals surface area (Å²) in [5.74, 6) is 0. The summed E-state index contributed by atoms with van der Waals surface area (Å²) in [4.78, 5) is 22.4. The van der Waals surface area contributed by atoms with Gasteiger partial charge in [-0.1, -0.05) is 30.3 Å². The molecule has 0 N–H and O–H groups in total. The summed E-state index contributed by atoms with van der Waals surface area (Å²) in [5, 5.41) is 0. The molecule has 80 valence electrons. The number of aromatic nitrogens is 1. The lowest BCUT2D eigenvalue weighted by Gasteiger charge is -2.05. The molecule has 0 saturated heterocycles. The lowest BCUT2D eigenvalue weighted by atomic mass is 10.2. The molecule has 0 amide bonds. The molecule has 0 spiro atoms. The fourth-order valence-electron chi connectivity index (χ4n) is 1.55. The van der Waals surface area contributed by atoms with Gasteiger partial charge in [-0.05, 0) is 17.7 Å². The molecular weight excluding hydrogens is 202 g/mol. The molecule has 0 atom stereocenters. The number of benzene rings is 1. The second kappa shape index (κ2) is 4.57. The number of pyridine rings is 1. The van der Waals surface area contributed by atoms with Gasteiger partial charge in [-0.15, -0.1) is 0 Å². The van der Waals surface area contributed by atoms with Crippen LogP contribution in [0.1, 0.15) is 15.9 Å². The van der Waals surface area contributed by atoms with Gasteiger partial charge in [-0.25, -0.2) is 0 Å². The number of carbonyl (C=O) groups excluding carboxylic acids is 1. The second-order valence-corrected chi connectivity index (χ2v) is 3.50. The number of rotatable bonds is 3. The third-order valence-corrected chi connectivity index (χ3v) is 2.37. The average molecular weight is 213 g/mol. The standard InChI is InChI=1S/C13H11NO2/c15-10-12-7-4-8-14(13(12)16)9-11-5-2-1-3-6-11/h1-8,10H,9H2. The van der Waals surface area contributed by atoms with Crippen LogP contribution in [0.15, 0.2) is 53.5 Å². The Morgan fingerprint density at radius 3 is 2.50 bits per heavy atom. The molecule has 16 heavy (non-hydrogen) atoms. The molecule has 0 saturated carbocycles. The Morgan fingerprint density at radius 1 is 1.06 bits per heavy atom. The van der Waals surface area contributed by atoms with E-state index >= 15 is 0 Å². The lowest BCUT2D eigenvalue weighted by molar-refractivity contribution is 0.112. The van der Waals surface area contributed by atoms with E-state index < -0.39 is 0 Å². The highest BCUT2D eigenvalue weighted by molar-refractivity contribution is 5.73. The summed E-state index contributed by atoms with van der Waals surface area (Å²) >= 11 is 0. The van der Waals surface area contributed by atoms with Crippen LogP contribution < -0.4 is 5.56 Å². The van der Waals surface area contributed by atoms with Crippen molar-refractivity contribution in [1.82, 2.24) is 4.57 Å². The van der Waals surface area contributed by atoms with E-state index in [0.717, 1.165) is 5.56 Å². The van der Waals surface area contributed by atoms with Crippen molar-refractivity contribution in [3.05, 3.63) is 70.1 Å². The molecule has 0 aliphatic carbocycles. The van der Waals surface area contributed by atoms with Gasteiger partial charge < -0.3 is 4.57 Å². The molecular formula is C13H11NO2. The van der Waals surface area contributed by atoms with Gasteiger partial charge in [0.2, 0.25) is 0 Å². The number of carbonyl (C=O) groups is 1. The van der Waals surface area contributed by atoms with Crippen molar-refractivity contribution in [2.45, 2.75) is 6.54 Å². The third kappa shape index (κ3) is 2.08. The van der Waals surface area contributed by atoms with Crippen LogP contribution in [0.5, 0.6) is 0 Å². The average Bonchev–Trinajstić information content (AvgIpc) is 2.33. The quantitative estimate of drug-likeness (QED) is 0.728. The van der Waals surface area contributed by atoms with Crippen LogP contribution in [0.25, 0.3) is 0 Å². The molecule has 0 bridgehead atoms. The predicted molar refractivity (Wildman–Crippen MR) is 61.6 cm³/mol. The van der Waals surface area contributed by atoms with Gasteiger partial charge in [0.15, 0.2) is 6.29 Å². The summed E-state index contributed by atoms with van der Waals surface area (Å²) in [7, 11) is 0. The Balaban J connectivity index is 2.36. The van der Waals surface area contributed by atoms with Crippen molar-refractivity contribution in [3.63, 3.8) is 0 Å². The van der Waals surface area contributed by atoms with Crippen molar-refractivity contribution in [3.8, 4) is 0 Å². The Labute approximate surface area is 93.0 Å². The van der Waals surface area contributed by atoms with Crippen molar-refractivity contribution in [1.29, 1.82) is 0 Å². The highest BCUT2D eigenvalue weighted by atomic mass is 16.1. The first-order valence-corrected chi connectivity index (χ1v) is 5.00. The van der Waals surface area contributed by atoms with Gasteiger partial charge in [-0.3, -0.25) is 9.59 Å². The van der Waals surface area contributed by atoms with Gasteiger partial charge in [0, 0.05) is 6.20 Å². The minimum Gasteiger partial charge on any atom is -0.311 e. The molecule has 0 radical (unpaired) electrons. The highest BCUT2D eigenvalue weighted by Gasteiger charge is 2.01. The normalized spacial score (nSPS) is 10.0. The Bertz CT molecular complexity index is 543. The van der Waals surface area contributed by atoms with E-state index in [9.17, 15) is 9.59 Å². The van der Waals surface area contributed by atoms with Crippen LogP contribution in [0.3, 0.4) is 0 Å². The topological polar surface area (TPSA) is 39.1 Å². The fraction of sp³-hybridized carbons (Fsp3) is 0.0769. The zero-order valence-electron chi connectivity index (χ0n) is 8.67. The summed E-state index contributed by atoms with van der Waals surface area (Å²) in [6, 6.07) is 12.9. The first-order chi connectivity index (χ1) is 7.81. The summed E-state index contributed by atoms with van der Waals surface area (Å²) in [6.07, 6.45) is 2.27. The van der Waals surface area contributed by atoms with Crippen LogP contribution in [-0.2, 0) is 6.54 Å². The molecule has 1 aromatic carbocycles. The van der Waals surface area contributed by atoms with E-state index in [1.165, 1.54) is 10.6 Å². The smallest absolute Gasteiger partial charge is 0.261 e. The van der Waals surface area contributed by atoms with Crippen LogP contribution in [0, 0.1) is 0 Å². The predicted octanol–water partition coefficient (Wildman–Crippen LogP) is 1.71. The summed E-state index contributed by atoms with van der Waals surface area (Å²) in [5.41, 5.74) is 0.979. The van der Waals surface area contributed by atoms with E-state index in [-0.39, 0.29) is 11.1 Å². The van der Waals surface area contributed by atoms with E-state index in [4.69, 9.17) is 0 Å². The molecule has 0 aliphatic heterocycles. The third-order valence-electron chi connectivity index (χ3n) is 2.37. The van der Waals surface area contributed by atoms with E-state index in [1.54, 1.807) is 12.3 Å². The van der Waals surface area contributed by atoms with Crippen LogP contribution in [-0.4, -0.2) is 10.9 Å². The molecule has 3 heteroatoms. The first kappa shape index (κ1) is 10.4. The molecule has 1 heterocycles. The molecule has 0 aliphatic rings.